The average molecular weight is 291 g/mol. The standard InChI is InChI=1S/C14H21N5S/c1-4-19-13(12-7-5-8-15-11-12)16-17-14(19)18(2)9-6-10-20-3/h5,7-8,11H,4,6,9-10H2,1-3H3. The van der Waals surface area contributed by atoms with E-state index >= 15 is 0 Å². The Hall–Kier alpha value is -1.56. The van der Waals surface area contributed by atoms with Gasteiger partial charge in [-0.25, -0.2) is 0 Å². The van der Waals surface area contributed by atoms with Crippen LogP contribution in [0.5, 0.6) is 0 Å². The highest BCUT2D eigenvalue weighted by Crippen LogP contribution is 2.21. The fraction of sp³-hybridized carbons (Fsp3) is 0.500. The molecule has 0 aliphatic rings. The minimum atomic E-state index is 0.847. The number of nitrogens with zero attached hydrogens (tertiary/aromatic N) is 5. The van der Waals surface area contributed by atoms with Crippen molar-refractivity contribution in [3.8, 4) is 11.4 Å². The molecule has 0 fully saturated rings. The van der Waals surface area contributed by atoms with Gasteiger partial charge >= 0.3 is 0 Å². The van der Waals surface area contributed by atoms with Crippen LogP contribution in [0.25, 0.3) is 11.4 Å². The molecular formula is C14H21N5S. The third-order valence-corrected chi connectivity index (χ3v) is 3.85. The molecule has 0 N–H and O–H groups in total. The first-order chi connectivity index (χ1) is 9.77. The number of anilines is 1. The zero-order valence-electron chi connectivity index (χ0n) is 12.3. The molecule has 0 saturated heterocycles. The van der Waals surface area contributed by atoms with Crippen LogP contribution in [0.15, 0.2) is 24.5 Å². The van der Waals surface area contributed by atoms with Gasteiger partial charge in [0.25, 0.3) is 0 Å². The highest BCUT2D eigenvalue weighted by molar-refractivity contribution is 7.98. The van der Waals surface area contributed by atoms with Crippen molar-refractivity contribution in [2.75, 3.05) is 30.5 Å². The Bertz CT molecular complexity index is 526. The molecule has 0 unspecified atom stereocenters. The van der Waals surface area contributed by atoms with E-state index in [1.807, 2.05) is 30.1 Å². The van der Waals surface area contributed by atoms with E-state index in [1.165, 1.54) is 5.75 Å². The maximum absolute atomic E-state index is 4.35. The van der Waals surface area contributed by atoms with Crippen LogP contribution in [0.3, 0.4) is 0 Å². The lowest BCUT2D eigenvalue weighted by Gasteiger charge is -2.18. The summed E-state index contributed by atoms with van der Waals surface area (Å²) in [4.78, 5) is 6.33. The van der Waals surface area contributed by atoms with E-state index < -0.39 is 0 Å². The van der Waals surface area contributed by atoms with Crippen molar-refractivity contribution in [3.05, 3.63) is 24.5 Å². The predicted molar refractivity (Wildman–Crippen MR) is 85.2 cm³/mol. The highest BCUT2D eigenvalue weighted by Gasteiger charge is 2.15. The molecule has 0 bridgehead atoms. The third kappa shape index (κ3) is 3.30. The van der Waals surface area contributed by atoms with Crippen LogP contribution in [0, 0.1) is 0 Å². The molecule has 6 heteroatoms. The zero-order valence-corrected chi connectivity index (χ0v) is 13.1. The van der Waals surface area contributed by atoms with Gasteiger partial charge in [0.1, 0.15) is 0 Å². The van der Waals surface area contributed by atoms with Crippen LogP contribution >= 0.6 is 11.8 Å². The first kappa shape index (κ1) is 14.8. The normalized spacial score (nSPS) is 10.8. The molecule has 2 rings (SSSR count). The fourth-order valence-corrected chi connectivity index (χ4v) is 2.54. The zero-order chi connectivity index (χ0) is 14.4. The lowest BCUT2D eigenvalue weighted by Crippen LogP contribution is -2.23. The maximum Gasteiger partial charge on any atom is 0.227 e. The molecule has 0 aliphatic carbocycles. The van der Waals surface area contributed by atoms with E-state index in [1.54, 1.807) is 6.20 Å². The summed E-state index contributed by atoms with van der Waals surface area (Å²) in [5.41, 5.74) is 1.01. The summed E-state index contributed by atoms with van der Waals surface area (Å²) in [5.74, 6) is 2.97. The van der Waals surface area contributed by atoms with Gasteiger partial charge in [0.2, 0.25) is 5.95 Å². The molecule has 5 nitrogen and oxygen atoms in total. The predicted octanol–water partition coefficient (Wildman–Crippen LogP) is 2.55. The fourth-order valence-electron chi connectivity index (χ4n) is 2.12. The molecule has 0 aliphatic heterocycles. The van der Waals surface area contributed by atoms with Gasteiger partial charge in [-0.05, 0) is 37.5 Å². The van der Waals surface area contributed by atoms with Gasteiger partial charge in [0.15, 0.2) is 5.82 Å². The second-order valence-corrected chi connectivity index (χ2v) is 5.56. The molecular weight excluding hydrogens is 270 g/mol. The Labute approximate surface area is 124 Å². The lowest BCUT2D eigenvalue weighted by molar-refractivity contribution is 0.724. The summed E-state index contributed by atoms with van der Waals surface area (Å²) in [7, 11) is 2.07. The Balaban J connectivity index is 2.21. The van der Waals surface area contributed by atoms with Crippen LogP contribution in [-0.4, -0.2) is 45.3 Å². The molecule has 0 radical (unpaired) electrons. The Morgan fingerprint density at radius 2 is 2.20 bits per heavy atom. The maximum atomic E-state index is 4.35. The van der Waals surface area contributed by atoms with Crippen LogP contribution in [-0.2, 0) is 6.54 Å². The first-order valence-electron chi connectivity index (χ1n) is 6.81. The van der Waals surface area contributed by atoms with Crippen molar-refractivity contribution in [2.45, 2.75) is 19.9 Å². The lowest BCUT2D eigenvalue weighted by atomic mass is 10.3. The summed E-state index contributed by atoms with van der Waals surface area (Å²) in [6, 6.07) is 3.94. The van der Waals surface area contributed by atoms with Gasteiger partial charge in [-0.3, -0.25) is 9.55 Å². The molecule has 0 atom stereocenters. The smallest absolute Gasteiger partial charge is 0.227 e. The summed E-state index contributed by atoms with van der Waals surface area (Å²) >= 11 is 1.87. The average Bonchev–Trinajstić information content (AvgIpc) is 2.92. The first-order valence-corrected chi connectivity index (χ1v) is 8.21. The van der Waals surface area contributed by atoms with Gasteiger partial charge in [-0.15, -0.1) is 10.2 Å². The third-order valence-electron chi connectivity index (χ3n) is 3.15. The van der Waals surface area contributed by atoms with E-state index in [9.17, 15) is 0 Å². The summed E-state index contributed by atoms with van der Waals surface area (Å²) < 4.78 is 2.14. The van der Waals surface area contributed by atoms with Crippen molar-refractivity contribution in [1.82, 2.24) is 19.7 Å². The second kappa shape index (κ2) is 7.28. The largest absolute Gasteiger partial charge is 0.344 e. The summed E-state index contributed by atoms with van der Waals surface area (Å²) in [6.45, 7) is 3.95. The quantitative estimate of drug-likeness (QED) is 0.734. The van der Waals surface area contributed by atoms with E-state index in [-0.39, 0.29) is 0 Å². The van der Waals surface area contributed by atoms with Crippen molar-refractivity contribution in [3.63, 3.8) is 0 Å². The van der Waals surface area contributed by atoms with Gasteiger partial charge in [0, 0.05) is 38.1 Å². The van der Waals surface area contributed by atoms with E-state index in [0.29, 0.717) is 0 Å². The van der Waals surface area contributed by atoms with Crippen LogP contribution < -0.4 is 4.90 Å². The molecule has 2 heterocycles. The highest BCUT2D eigenvalue weighted by atomic mass is 32.2. The number of aromatic nitrogens is 4. The van der Waals surface area contributed by atoms with E-state index in [4.69, 9.17) is 0 Å². The van der Waals surface area contributed by atoms with Gasteiger partial charge in [0.05, 0.1) is 0 Å². The van der Waals surface area contributed by atoms with Crippen LogP contribution in [0.1, 0.15) is 13.3 Å². The van der Waals surface area contributed by atoms with E-state index in [0.717, 1.165) is 36.8 Å². The molecule has 0 saturated carbocycles. The Morgan fingerprint density at radius 1 is 1.35 bits per heavy atom. The molecule has 2 aromatic rings. The molecule has 0 aromatic carbocycles. The number of hydrogen-bond acceptors (Lipinski definition) is 5. The van der Waals surface area contributed by atoms with Gasteiger partial charge < -0.3 is 4.90 Å². The topological polar surface area (TPSA) is 46.8 Å². The monoisotopic (exact) mass is 291 g/mol. The van der Waals surface area contributed by atoms with Crippen molar-refractivity contribution < 1.29 is 0 Å². The van der Waals surface area contributed by atoms with Gasteiger partial charge in [-0.2, -0.15) is 11.8 Å². The van der Waals surface area contributed by atoms with Crippen molar-refractivity contribution in [1.29, 1.82) is 0 Å². The van der Waals surface area contributed by atoms with Gasteiger partial charge in [-0.1, -0.05) is 0 Å². The molecule has 108 valence electrons. The van der Waals surface area contributed by atoms with Crippen LogP contribution in [0.4, 0.5) is 5.95 Å². The number of hydrogen-bond donors (Lipinski definition) is 0. The van der Waals surface area contributed by atoms with E-state index in [2.05, 4.69) is 44.9 Å². The Kier molecular flexibility index (Phi) is 5.40. The van der Waals surface area contributed by atoms with Crippen molar-refractivity contribution in [2.24, 2.45) is 0 Å². The summed E-state index contributed by atoms with van der Waals surface area (Å²) in [5, 5.41) is 8.68. The molecule has 20 heavy (non-hydrogen) atoms. The summed E-state index contributed by atoms with van der Waals surface area (Å²) in [6.07, 6.45) is 6.88. The van der Waals surface area contributed by atoms with Crippen LogP contribution in [0.2, 0.25) is 0 Å². The number of pyridine rings is 1. The molecule has 2 aromatic heterocycles. The SMILES string of the molecule is CCn1c(-c2cccnc2)nnc1N(C)CCCSC. The molecule has 0 spiro atoms. The Morgan fingerprint density at radius 3 is 2.85 bits per heavy atom. The number of thioether (sulfide) groups is 1. The minimum Gasteiger partial charge on any atom is -0.344 e. The minimum absolute atomic E-state index is 0.847. The van der Waals surface area contributed by atoms with Crippen molar-refractivity contribution >= 4 is 17.7 Å². The number of rotatable bonds is 7. The second-order valence-electron chi connectivity index (χ2n) is 4.58. The molecule has 0 amide bonds.